The SMILES string of the molecule is CCCN(CC(=O)N(C)C)C(=O)c1csc(CN)n1. The van der Waals surface area contributed by atoms with E-state index in [-0.39, 0.29) is 18.4 Å². The van der Waals surface area contributed by atoms with Gasteiger partial charge in [-0.1, -0.05) is 6.92 Å². The van der Waals surface area contributed by atoms with Gasteiger partial charge in [-0.15, -0.1) is 11.3 Å². The van der Waals surface area contributed by atoms with Crippen molar-refractivity contribution < 1.29 is 9.59 Å². The van der Waals surface area contributed by atoms with Gasteiger partial charge in [-0.25, -0.2) is 4.98 Å². The molecule has 0 aliphatic heterocycles. The molecule has 0 aliphatic rings. The van der Waals surface area contributed by atoms with Crippen LogP contribution < -0.4 is 5.73 Å². The van der Waals surface area contributed by atoms with Gasteiger partial charge in [-0.05, 0) is 6.42 Å². The summed E-state index contributed by atoms with van der Waals surface area (Å²) in [5.41, 5.74) is 5.85. The molecule has 1 heterocycles. The Bertz CT molecular complexity index is 445. The zero-order valence-corrected chi connectivity index (χ0v) is 12.4. The van der Waals surface area contributed by atoms with E-state index in [4.69, 9.17) is 5.73 Å². The summed E-state index contributed by atoms with van der Waals surface area (Å²) in [6.07, 6.45) is 0.792. The molecule has 6 nitrogen and oxygen atoms in total. The highest BCUT2D eigenvalue weighted by molar-refractivity contribution is 7.09. The largest absolute Gasteiger partial charge is 0.347 e. The Morgan fingerprint density at radius 2 is 2.11 bits per heavy atom. The fourth-order valence-electron chi connectivity index (χ4n) is 1.49. The number of likely N-dealkylation sites (N-methyl/N-ethyl adjacent to an activating group) is 1. The molecule has 0 aliphatic carbocycles. The van der Waals surface area contributed by atoms with Crippen molar-refractivity contribution in [2.75, 3.05) is 27.2 Å². The van der Waals surface area contributed by atoms with Gasteiger partial charge >= 0.3 is 0 Å². The molecule has 2 amide bonds. The first-order valence-electron chi connectivity index (χ1n) is 6.13. The van der Waals surface area contributed by atoms with E-state index in [0.29, 0.717) is 18.8 Å². The van der Waals surface area contributed by atoms with Gasteiger partial charge in [0, 0.05) is 32.6 Å². The monoisotopic (exact) mass is 284 g/mol. The highest BCUT2D eigenvalue weighted by atomic mass is 32.1. The molecule has 19 heavy (non-hydrogen) atoms. The Kier molecular flexibility index (Phi) is 5.91. The molecule has 0 saturated carbocycles. The predicted octanol–water partition coefficient (Wildman–Crippen LogP) is 0.542. The average molecular weight is 284 g/mol. The molecule has 0 bridgehead atoms. The summed E-state index contributed by atoms with van der Waals surface area (Å²) < 4.78 is 0. The van der Waals surface area contributed by atoms with Crippen LogP contribution in [0.1, 0.15) is 28.8 Å². The standard InChI is InChI=1S/C12H20N4O2S/c1-4-5-16(7-11(17)15(2)3)12(18)9-8-19-10(6-13)14-9/h8H,4-7,13H2,1-3H3. The molecule has 0 spiro atoms. The minimum atomic E-state index is -0.215. The molecule has 0 unspecified atom stereocenters. The second-order valence-corrected chi connectivity index (χ2v) is 5.29. The zero-order chi connectivity index (χ0) is 14.4. The quantitative estimate of drug-likeness (QED) is 0.827. The van der Waals surface area contributed by atoms with Gasteiger partial charge < -0.3 is 15.5 Å². The second kappa shape index (κ2) is 7.20. The third-order valence-electron chi connectivity index (χ3n) is 2.55. The maximum Gasteiger partial charge on any atom is 0.273 e. The smallest absolute Gasteiger partial charge is 0.273 e. The number of rotatable bonds is 6. The molecule has 0 fully saturated rings. The number of carbonyl (C=O) groups is 2. The van der Waals surface area contributed by atoms with Crippen molar-refractivity contribution in [3.63, 3.8) is 0 Å². The Labute approximate surface area is 117 Å². The Morgan fingerprint density at radius 1 is 1.42 bits per heavy atom. The maximum atomic E-state index is 12.3. The Balaban J connectivity index is 2.80. The number of aromatic nitrogens is 1. The lowest BCUT2D eigenvalue weighted by molar-refractivity contribution is -0.129. The van der Waals surface area contributed by atoms with Crippen molar-refractivity contribution in [2.24, 2.45) is 5.73 Å². The summed E-state index contributed by atoms with van der Waals surface area (Å²) >= 11 is 1.36. The van der Waals surface area contributed by atoms with Crippen molar-refractivity contribution in [2.45, 2.75) is 19.9 Å². The van der Waals surface area contributed by atoms with Crippen LogP contribution in [0.3, 0.4) is 0 Å². The topological polar surface area (TPSA) is 79.5 Å². The normalized spacial score (nSPS) is 10.3. The molecule has 0 radical (unpaired) electrons. The summed E-state index contributed by atoms with van der Waals surface area (Å²) in [6.45, 7) is 2.90. The van der Waals surface area contributed by atoms with Crippen molar-refractivity contribution in [1.82, 2.24) is 14.8 Å². The molecule has 0 saturated heterocycles. The van der Waals surface area contributed by atoms with Crippen molar-refractivity contribution >= 4 is 23.2 Å². The lowest BCUT2D eigenvalue weighted by Crippen LogP contribution is -2.40. The van der Waals surface area contributed by atoms with Gasteiger partial charge in [-0.2, -0.15) is 0 Å². The van der Waals surface area contributed by atoms with Crippen molar-refractivity contribution in [3.05, 3.63) is 16.1 Å². The summed E-state index contributed by atoms with van der Waals surface area (Å²) in [5, 5.41) is 2.41. The van der Waals surface area contributed by atoms with E-state index in [1.807, 2.05) is 6.92 Å². The molecule has 1 aromatic rings. The lowest BCUT2D eigenvalue weighted by atomic mass is 10.3. The highest BCUT2D eigenvalue weighted by Gasteiger charge is 2.21. The van der Waals surface area contributed by atoms with E-state index in [9.17, 15) is 9.59 Å². The van der Waals surface area contributed by atoms with Gasteiger partial charge in [0.05, 0.1) is 0 Å². The number of amides is 2. The fraction of sp³-hybridized carbons (Fsp3) is 0.583. The number of carbonyl (C=O) groups excluding carboxylic acids is 2. The van der Waals surface area contributed by atoms with Crippen LogP contribution in [0.2, 0.25) is 0 Å². The first-order valence-corrected chi connectivity index (χ1v) is 7.01. The van der Waals surface area contributed by atoms with Gasteiger partial charge in [0.1, 0.15) is 17.2 Å². The number of hydrogen-bond donors (Lipinski definition) is 1. The van der Waals surface area contributed by atoms with Gasteiger partial charge in [0.25, 0.3) is 5.91 Å². The van der Waals surface area contributed by atoms with Crippen LogP contribution in [0.15, 0.2) is 5.38 Å². The number of hydrogen-bond acceptors (Lipinski definition) is 5. The summed E-state index contributed by atoms with van der Waals surface area (Å²) in [6, 6.07) is 0. The van der Waals surface area contributed by atoms with E-state index in [1.165, 1.54) is 21.1 Å². The fourth-order valence-corrected chi connectivity index (χ4v) is 2.14. The molecule has 106 valence electrons. The average Bonchev–Trinajstić information content (AvgIpc) is 2.85. The van der Waals surface area contributed by atoms with Crippen LogP contribution in [-0.2, 0) is 11.3 Å². The van der Waals surface area contributed by atoms with E-state index < -0.39 is 0 Å². The van der Waals surface area contributed by atoms with E-state index in [0.717, 1.165) is 11.4 Å². The van der Waals surface area contributed by atoms with Crippen LogP contribution >= 0.6 is 11.3 Å². The summed E-state index contributed by atoms with van der Waals surface area (Å²) in [7, 11) is 3.35. The van der Waals surface area contributed by atoms with Crippen LogP contribution in [0.5, 0.6) is 0 Å². The molecule has 1 rings (SSSR count). The van der Waals surface area contributed by atoms with Crippen LogP contribution in [0, 0.1) is 0 Å². The first-order chi connectivity index (χ1) is 8.99. The summed E-state index contributed by atoms with van der Waals surface area (Å²) in [5.74, 6) is -0.316. The molecular weight excluding hydrogens is 264 g/mol. The third-order valence-corrected chi connectivity index (χ3v) is 3.42. The lowest BCUT2D eigenvalue weighted by Gasteiger charge is -2.22. The van der Waals surface area contributed by atoms with Crippen LogP contribution in [0.25, 0.3) is 0 Å². The number of thiazole rings is 1. The minimum Gasteiger partial charge on any atom is -0.347 e. The molecular formula is C12H20N4O2S. The first kappa shape index (κ1) is 15.6. The van der Waals surface area contributed by atoms with Crippen molar-refractivity contribution in [3.8, 4) is 0 Å². The predicted molar refractivity (Wildman–Crippen MR) is 74.9 cm³/mol. The van der Waals surface area contributed by atoms with Gasteiger partial charge in [0.15, 0.2) is 0 Å². The van der Waals surface area contributed by atoms with Gasteiger partial charge in [0.2, 0.25) is 5.91 Å². The van der Waals surface area contributed by atoms with E-state index in [1.54, 1.807) is 19.5 Å². The Hall–Kier alpha value is -1.47. The molecule has 0 atom stereocenters. The number of nitrogens with two attached hydrogens (primary N) is 1. The third kappa shape index (κ3) is 4.29. The minimum absolute atomic E-state index is 0.0785. The van der Waals surface area contributed by atoms with E-state index >= 15 is 0 Å². The van der Waals surface area contributed by atoms with Crippen LogP contribution in [0.4, 0.5) is 0 Å². The maximum absolute atomic E-state index is 12.3. The molecule has 0 aromatic carbocycles. The summed E-state index contributed by atoms with van der Waals surface area (Å²) in [4.78, 5) is 31.2. The molecule has 7 heteroatoms. The van der Waals surface area contributed by atoms with Crippen LogP contribution in [-0.4, -0.2) is 53.8 Å². The molecule has 1 aromatic heterocycles. The zero-order valence-electron chi connectivity index (χ0n) is 11.5. The second-order valence-electron chi connectivity index (χ2n) is 4.35. The van der Waals surface area contributed by atoms with E-state index in [2.05, 4.69) is 4.98 Å². The number of nitrogens with zero attached hydrogens (tertiary/aromatic N) is 3. The van der Waals surface area contributed by atoms with Crippen molar-refractivity contribution in [1.29, 1.82) is 0 Å². The van der Waals surface area contributed by atoms with Gasteiger partial charge in [-0.3, -0.25) is 9.59 Å². The Morgan fingerprint density at radius 3 is 2.58 bits per heavy atom. The highest BCUT2D eigenvalue weighted by Crippen LogP contribution is 2.11. The molecule has 2 N–H and O–H groups in total.